The molecule has 1 saturated heterocycles. The van der Waals surface area contributed by atoms with Crippen LogP contribution >= 0.6 is 0 Å². The zero-order valence-corrected chi connectivity index (χ0v) is 8.51. The van der Waals surface area contributed by atoms with Crippen LogP contribution in [0.1, 0.15) is 0 Å². The van der Waals surface area contributed by atoms with Gasteiger partial charge in [0.15, 0.2) is 0 Å². The van der Waals surface area contributed by atoms with Crippen LogP contribution in [0.3, 0.4) is 0 Å². The van der Waals surface area contributed by atoms with Crippen molar-refractivity contribution in [1.82, 2.24) is 9.97 Å². The highest BCUT2D eigenvalue weighted by Crippen LogP contribution is 2.20. The quantitative estimate of drug-likeness (QED) is 0.460. The number of β-amino-alcohol motifs (C(OH)–C–C–N with tert-alkyl or cyclic N) is 1. The second kappa shape index (κ2) is 4.11. The summed E-state index contributed by atoms with van der Waals surface area (Å²) in [5.74, 6) is -0.258. The lowest BCUT2D eigenvalue weighted by Gasteiger charge is -2.15. The number of nitrogens with zero attached hydrogens (tertiary/aromatic N) is 1. The Balaban J connectivity index is 2.27. The van der Waals surface area contributed by atoms with E-state index in [0.717, 1.165) is 0 Å². The Morgan fingerprint density at radius 1 is 1.44 bits per heavy atom. The van der Waals surface area contributed by atoms with Gasteiger partial charge in [0.1, 0.15) is 5.69 Å². The van der Waals surface area contributed by atoms with E-state index in [-0.39, 0.29) is 19.1 Å². The second-order valence-electron chi connectivity index (χ2n) is 3.87. The SMILES string of the molecule is O=c1[nH]cc(N2CC(O)C(CO)C2)c(=O)[nH]1. The first-order valence-corrected chi connectivity index (χ1v) is 4.97. The fourth-order valence-corrected chi connectivity index (χ4v) is 1.87. The first kappa shape index (κ1) is 10.9. The number of H-pyrrole nitrogens is 2. The van der Waals surface area contributed by atoms with Crippen LogP contribution in [0.4, 0.5) is 5.69 Å². The van der Waals surface area contributed by atoms with Crippen LogP contribution in [0.2, 0.25) is 0 Å². The molecule has 0 radical (unpaired) electrons. The number of hydrogen-bond acceptors (Lipinski definition) is 5. The number of rotatable bonds is 2. The van der Waals surface area contributed by atoms with Gasteiger partial charge in [-0.3, -0.25) is 9.78 Å². The normalized spacial score (nSPS) is 25.0. The van der Waals surface area contributed by atoms with Crippen LogP contribution < -0.4 is 16.1 Å². The van der Waals surface area contributed by atoms with E-state index in [1.165, 1.54) is 6.20 Å². The summed E-state index contributed by atoms with van der Waals surface area (Å²) in [7, 11) is 0. The first-order valence-electron chi connectivity index (χ1n) is 4.97. The van der Waals surface area contributed by atoms with E-state index in [1.54, 1.807) is 4.90 Å². The summed E-state index contributed by atoms with van der Waals surface area (Å²) < 4.78 is 0. The standard InChI is InChI=1S/C9H13N3O4/c13-4-5-2-12(3-7(5)14)6-1-10-9(16)11-8(6)15/h1,5,7,13-14H,2-4H2,(H2,10,11,15,16). The molecule has 0 spiro atoms. The van der Waals surface area contributed by atoms with E-state index in [2.05, 4.69) is 9.97 Å². The third-order valence-electron chi connectivity index (χ3n) is 2.78. The smallest absolute Gasteiger partial charge is 0.325 e. The molecule has 0 aromatic carbocycles. The molecular formula is C9H13N3O4. The summed E-state index contributed by atoms with van der Waals surface area (Å²) in [6.45, 7) is 0.548. The first-order chi connectivity index (χ1) is 7.61. The average Bonchev–Trinajstić information content (AvgIpc) is 2.59. The number of nitrogens with one attached hydrogen (secondary N) is 2. The van der Waals surface area contributed by atoms with Crippen LogP contribution in [0.15, 0.2) is 15.8 Å². The molecule has 16 heavy (non-hydrogen) atoms. The number of aliphatic hydroxyl groups excluding tert-OH is 2. The minimum absolute atomic E-state index is 0.126. The Bertz CT molecular complexity index is 480. The molecule has 0 amide bonds. The average molecular weight is 227 g/mol. The van der Waals surface area contributed by atoms with Crippen molar-refractivity contribution in [3.63, 3.8) is 0 Å². The minimum Gasteiger partial charge on any atom is -0.396 e. The summed E-state index contributed by atoms with van der Waals surface area (Å²) in [5, 5.41) is 18.6. The Labute approximate surface area is 90.4 Å². The fourth-order valence-electron chi connectivity index (χ4n) is 1.87. The minimum atomic E-state index is -0.656. The number of hydrogen-bond donors (Lipinski definition) is 4. The molecule has 2 unspecified atom stereocenters. The van der Waals surface area contributed by atoms with Gasteiger partial charge in [0.2, 0.25) is 0 Å². The predicted octanol–water partition coefficient (Wildman–Crippen LogP) is -2.15. The maximum absolute atomic E-state index is 11.5. The van der Waals surface area contributed by atoms with Gasteiger partial charge in [-0.1, -0.05) is 0 Å². The monoisotopic (exact) mass is 227 g/mol. The molecule has 1 aliphatic heterocycles. The summed E-state index contributed by atoms with van der Waals surface area (Å²) in [4.78, 5) is 28.4. The number of aromatic nitrogens is 2. The maximum atomic E-state index is 11.5. The predicted molar refractivity (Wildman–Crippen MR) is 56.5 cm³/mol. The van der Waals surface area contributed by atoms with Crippen molar-refractivity contribution < 1.29 is 10.2 Å². The van der Waals surface area contributed by atoms with Gasteiger partial charge < -0.3 is 20.1 Å². The molecule has 1 aliphatic rings. The van der Waals surface area contributed by atoms with E-state index < -0.39 is 17.4 Å². The molecule has 2 rings (SSSR count). The fraction of sp³-hybridized carbons (Fsp3) is 0.556. The van der Waals surface area contributed by atoms with Gasteiger partial charge in [-0.05, 0) is 0 Å². The number of aromatic amines is 2. The van der Waals surface area contributed by atoms with E-state index in [0.29, 0.717) is 12.2 Å². The van der Waals surface area contributed by atoms with Crippen LogP contribution in [0.5, 0.6) is 0 Å². The zero-order chi connectivity index (χ0) is 11.7. The van der Waals surface area contributed by atoms with Crippen molar-refractivity contribution in [3.8, 4) is 0 Å². The van der Waals surface area contributed by atoms with Crippen LogP contribution in [-0.2, 0) is 0 Å². The van der Waals surface area contributed by atoms with Crippen molar-refractivity contribution in [2.24, 2.45) is 5.92 Å². The highest BCUT2D eigenvalue weighted by atomic mass is 16.3. The van der Waals surface area contributed by atoms with Gasteiger partial charge >= 0.3 is 5.69 Å². The number of anilines is 1. The van der Waals surface area contributed by atoms with Gasteiger partial charge in [-0.2, -0.15) is 0 Å². The van der Waals surface area contributed by atoms with E-state index in [1.807, 2.05) is 0 Å². The van der Waals surface area contributed by atoms with E-state index >= 15 is 0 Å². The van der Waals surface area contributed by atoms with Crippen molar-refractivity contribution >= 4 is 5.69 Å². The molecule has 88 valence electrons. The molecule has 2 atom stereocenters. The van der Waals surface area contributed by atoms with Crippen LogP contribution in [0.25, 0.3) is 0 Å². The molecule has 2 heterocycles. The third kappa shape index (κ3) is 1.86. The largest absolute Gasteiger partial charge is 0.396 e. The highest BCUT2D eigenvalue weighted by Gasteiger charge is 2.31. The van der Waals surface area contributed by atoms with Gasteiger partial charge in [0.25, 0.3) is 5.56 Å². The topological polar surface area (TPSA) is 109 Å². The molecule has 4 N–H and O–H groups in total. The van der Waals surface area contributed by atoms with Crippen LogP contribution in [-0.4, -0.2) is 46.0 Å². The van der Waals surface area contributed by atoms with Gasteiger partial charge in [-0.15, -0.1) is 0 Å². The molecule has 1 aromatic rings. The molecular weight excluding hydrogens is 214 g/mol. The Morgan fingerprint density at radius 3 is 2.75 bits per heavy atom. The molecule has 7 heteroatoms. The summed E-state index contributed by atoms with van der Waals surface area (Å²) in [6, 6.07) is 0. The molecule has 7 nitrogen and oxygen atoms in total. The Morgan fingerprint density at radius 2 is 2.19 bits per heavy atom. The van der Waals surface area contributed by atoms with Gasteiger partial charge in [-0.25, -0.2) is 4.79 Å². The van der Waals surface area contributed by atoms with E-state index in [4.69, 9.17) is 5.11 Å². The number of aliphatic hydroxyl groups is 2. The lowest BCUT2D eigenvalue weighted by Crippen LogP contribution is -2.31. The zero-order valence-electron chi connectivity index (χ0n) is 8.51. The molecule has 0 bridgehead atoms. The van der Waals surface area contributed by atoms with E-state index in [9.17, 15) is 14.7 Å². The molecule has 0 aliphatic carbocycles. The second-order valence-corrected chi connectivity index (χ2v) is 3.87. The maximum Gasteiger partial charge on any atom is 0.325 e. The highest BCUT2D eigenvalue weighted by molar-refractivity contribution is 5.43. The Hall–Kier alpha value is -1.60. The van der Waals surface area contributed by atoms with Gasteiger partial charge in [0, 0.05) is 25.2 Å². The Kier molecular flexibility index (Phi) is 2.80. The van der Waals surface area contributed by atoms with Gasteiger partial charge in [0.05, 0.1) is 12.7 Å². The summed E-state index contributed by atoms with van der Waals surface area (Å²) in [6.07, 6.45) is 0.657. The van der Waals surface area contributed by atoms with Crippen LogP contribution in [0, 0.1) is 5.92 Å². The summed E-state index contributed by atoms with van der Waals surface area (Å²) in [5.41, 5.74) is -0.753. The molecule has 1 aromatic heterocycles. The summed E-state index contributed by atoms with van der Waals surface area (Å²) >= 11 is 0. The van der Waals surface area contributed by atoms with Crippen molar-refractivity contribution in [3.05, 3.63) is 27.0 Å². The lowest BCUT2D eigenvalue weighted by molar-refractivity contribution is 0.104. The third-order valence-corrected chi connectivity index (χ3v) is 2.78. The lowest BCUT2D eigenvalue weighted by atomic mass is 10.1. The van der Waals surface area contributed by atoms with Crippen molar-refractivity contribution in [2.45, 2.75) is 6.10 Å². The van der Waals surface area contributed by atoms with Crippen molar-refractivity contribution in [1.29, 1.82) is 0 Å². The molecule has 0 saturated carbocycles. The molecule has 1 fully saturated rings. The van der Waals surface area contributed by atoms with Crippen molar-refractivity contribution in [2.75, 3.05) is 24.6 Å².